The Morgan fingerprint density at radius 2 is 2.07 bits per heavy atom. The van der Waals surface area contributed by atoms with Gasteiger partial charge in [0.15, 0.2) is 5.03 Å². The molecule has 0 atom stereocenters. The quantitative estimate of drug-likeness (QED) is 0.721. The van der Waals surface area contributed by atoms with Crippen molar-refractivity contribution in [2.24, 2.45) is 5.14 Å². The van der Waals surface area contributed by atoms with Crippen LogP contribution in [0.3, 0.4) is 0 Å². The van der Waals surface area contributed by atoms with Gasteiger partial charge in [0, 0.05) is 18.6 Å². The highest BCUT2D eigenvalue weighted by atomic mass is 32.2. The lowest BCUT2D eigenvalue weighted by Gasteiger charge is -1.92. The number of hydrogen-bond acceptors (Lipinski definition) is 4. The van der Waals surface area contributed by atoms with E-state index in [2.05, 4.69) is 15.0 Å². The van der Waals surface area contributed by atoms with E-state index in [1.165, 1.54) is 12.3 Å². The van der Waals surface area contributed by atoms with Gasteiger partial charge in [0.05, 0.1) is 6.33 Å². The number of H-pyrrole nitrogens is 1. The van der Waals surface area contributed by atoms with E-state index in [-0.39, 0.29) is 5.03 Å². The van der Waals surface area contributed by atoms with E-state index < -0.39 is 10.0 Å². The van der Waals surface area contributed by atoms with Crippen molar-refractivity contribution in [3.05, 3.63) is 43.1 Å². The van der Waals surface area contributed by atoms with Crippen LogP contribution < -0.4 is 5.14 Å². The summed E-state index contributed by atoms with van der Waals surface area (Å²) in [4.78, 5) is 9.95. The molecule has 15 heavy (non-hydrogen) atoms. The van der Waals surface area contributed by atoms with Crippen LogP contribution in [-0.4, -0.2) is 23.4 Å². The van der Waals surface area contributed by atoms with Crippen LogP contribution in [0, 0.1) is 0 Å². The molecule has 0 aliphatic rings. The van der Waals surface area contributed by atoms with Crippen LogP contribution in [0.4, 0.5) is 0 Å². The molecule has 6 nitrogen and oxygen atoms in total. The number of primary sulfonamides is 1. The van der Waals surface area contributed by atoms with E-state index in [4.69, 9.17) is 5.14 Å². The molecule has 0 fully saturated rings. The number of rotatable bonds is 1. The Morgan fingerprint density at radius 1 is 1.27 bits per heavy atom. The van der Waals surface area contributed by atoms with Gasteiger partial charge in [0.2, 0.25) is 0 Å². The lowest BCUT2D eigenvalue weighted by Crippen LogP contribution is -2.13. The number of nitrogens with one attached hydrogen (secondary N) is 1. The second-order valence-corrected chi connectivity index (χ2v) is 3.98. The Balaban J connectivity index is 0.000000187. The number of sulfonamides is 1. The number of aromatic amines is 1. The maximum Gasteiger partial charge on any atom is 0.255 e. The summed E-state index contributed by atoms with van der Waals surface area (Å²) in [5, 5.41) is 4.66. The van der Waals surface area contributed by atoms with Crippen LogP contribution in [0.25, 0.3) is 0 Å². The Morgan fingerprint density at radius 3 is 2.33 bits per heavy atom. The van der Waals surface area contributed by atoms with Crippen LogP contribution in [0.2, 0.25) is 0 Å². The van der Waals surface area contributed by atoms with Gasteiger partial charge < -0.3 is 4.98 Å². The zero-order valence-electron chi connectivity index (χ0n) is 7.74. The molecule has 2 heterocycles. The number of nitrogens with zero attached hydrogens (tertiary/aromatic N) is 2. The highest BCUT2D eigenvalue weighted by Gasteiger charge is 2.05. The summed E-state index contributed by atoms with van der Waals surface area (Å²) < 4.78 is 21.1. The lowest BCUT2D eigenvalue weighted by atomic mass is 10.5. The van der Waals surface area contributed by atoms with E-state index in [1.54, 1.807) is 30.9 Å². The van der Waals surface area contributed by atoms with Gasteiger partial charge in [-0.05, 0) is 12.1 Å². The summed E-state index contributed by atoms with van der Waals surface area (Å²) in [5.74, 6) is 0. The van der Waals surface area contributed by atoms with Crippen LogP contribution in [0.1, 0.15) is 0 Å². The first-order chi connectivity index (χ1) is 7.11. The zero-order valence-corrected chi connectivity index (χ0v) is 8.55. The molecule has 0 spiro atoms. The largest absolute Gasteiger partial charge is 0.351 e. The van der Waals surface area contributed by atoms with Gasteiger partial charge in [-0.2, -0.15) is 0 Å². The fraction of sp³-hybridized carbons (Fsp3) is 0. The Bertz CT molecular complexity index is 449. The minimum atomic E-state index is -3.61. The fourth-order valence-electron chi connectivity index (χ4n) is 0.731. The maximum absolute atomic E-state index is 10.5. The first-order valence-electron chi connectivity index (χ1n) is 3.97. The van der Waals surface area contributed by atoms with E-state index in [0.717, 1.165) is 0 Å². The topological polar surface area (TPSA) is 102 Å². The standard InChI is InChI=1S/C5H6N2O2S.C3H4N2/c6-10(8,9)5-3-1-2-4-7-5;1-2-5-3-4-1/h1-4H,(H2,6,8,9);1-3H,(H,4,5). The third-order valence-electron chi connectivity index (χ3n) is 1.34. The van der Waals surface area contributed by atoms with E-state index in [1.807, 2.05) is 0 Å². The van der Waals surface area contributed by atoms with Gasteiger partial charge >= 0.3 is 0 Å². The smallest absolute Gasteiger partial charge is 0.255 e. The minimum absolute atomic E-state index is 0.102. The van der Waals surface area contributed by atoms with Crippen molar-refractivity contribution in [3.63, 3.8) is 0 Å². The Kier molecular flexibility index (Phi) is 3.95. The molecule has 0 aliphatic heterocycles. The summed E-state index contributed by atoms with van der Waals surface area (Å²) in [6, 6.07) is 4.52. The first kappa shape index (κ1) is 11.3. The summed E-state index contributed by atoms with van der Waals surface area (Å²) in [6.07, 6.45) is 6.46. The molecule has 2 aromatic heterocycles. The summed E-state index contributed by atoms with van der Waals surface area (Å²) in [7, 11) is -3.61. The van der Waals surface area contributed by atoms with Gasteiger partial charge in [0.1, 0.15) is 0 Å². The highest BCUT2D eigenvalue weighted by molar-refractivity contribution is 7.89. The molecule has 3 N–H and O–H groups in total. The third-order valence-corrected chi connectivity index (χ3v) is 2.16. The lowest BCUT2D eigenvalue weighted by molar-refractivity contribution is 0.594. The zero-order chi connectivity index (χ0) is 11.1. The average Bonchev–Trinajstić information content (AvgIpc) is 2.76. The van der Waals surface area contributed by atoms with Crippen molar-refractivity contribution in [1.29, 1.82) is 0 Å². The third kappa shape index (κ3) is 4.34. The SMILES string of the molecule is NS(=O)(=O)c1ccccn1.c1c[nH]cn1. The molecule has 0 saturated heterocycles. The number of imidazole rings is 1. The summed E-state index contributed by atoms with van der Waals surface area (Å²) in [6.45, 7) is 0. The second kappa shape index (κ2) is 5.23. The predicted molar refractivity (Wildman–Crippen MR) is 54.2 cm³/mol. The normalized spacial score (nSPS) is 10.2. The van der Waals surface area contributed by atoms with Crippen LogP contribution in [-0.2, 0) is 10.0 Å². The van der Waals surface area contributed by atoms with Crippen molar-refractivity contribution in [3.8, 4) is 0 Å². The monoisotopic (exact) mass is 226 g/mol. The van der Waals surface area contributed by atoms with Crippen LogP contribution in [0.5, 0.6) is 0 Å². The van der Waals surface area contributed by atoms with Crippen molar-refractivity contribution in [2.45, 2.75) is 5.03 Å². The number of pyridine rings is 1. The number of hydrogen-bond donors (Lipinski definition) is 2. The van der Waals surface area contributed by atoms with E-state index in [9.17, 15) is 8.42 Å². The molecule has 0 aromatic carbocycles. The predicted octanol–water partition coefficient (Wildman–Crippen LogP) is 0.139. The van der Waals surface area contributed by atoms with Gasteiger partial charge in [-0.1, -0.05) is 6.07 Å². The van der Waals surface area contributed by atoms with E-state index in [0.29, 0.717) is 0 Å². The second-order valence-electron chi connectivity index (χ2n) is 2.47. The Labute approximate surface area is 87.2 Å². The number of nitrogens with two attached hydrogens (primary N) is 1. The molecule has 0 unspecified atom stereocenters. The summed E-state index contributed by atoms with van der Waals surface area (Å²) in [5.41, 5.74) is 0. The molecule has 0 saturated carbocycles. The van der Waals surface area contributed by atoms with Crippen LogP contribution in [0.15, 0.2) is 48.1 Å². The molecule has 0 radical (unpaired) electrons. The molecule has 7 heteroatoms. The molecule has 0 bridgehead atoms. The average molecular weight is 226 g/mol. The van der Waals surface area contributed by atoms with Gasteiger partial charge in [-0.25, -0.2) is 23.5 Å². The molecule has 0 amide bonds. The highest BCUT2D eigenvalue weighted by Crippen LogP contribution is 1.98. The minimum Gasteiger partial charge on any atom is -0.351 e. The van der Waals surface area contributed by atoms with Crippen molar-refractivity contribution in [1.82, 2.24) is 15.0 Å². The van der Waals surface area contributed by atoms with Gasteiger partial charge in [0.25, 0.3) is 10.0 Å². The van der Waals surface area contributed by atoms with Crippen molar-refractivity contribution >= 4 is 10.0 Å². The van der Waals surface area contributed by atoms with Gasteiger partial charge in [-0.15, -0.1) is 0 Å². The fourth-order valence-corrected chi connectivity index (χ4v) is 1.21. The first-order valence-corrected chi connectivity index (χ1v) is 5.52. The van der Waals surface area contributed by atoms with E-state index >= 15 is 0 Å². The number of aromatic nitrogens is 3. The molecular formula is C8H10N4O2S. The maximum atomic E-state index is 10.5. The molecular weight excluding hydrogens is 216 g/mol. The van der Waals surface area contributed by atoms with Crippen molar-refractivity contribution < 1.29 is 8.42 Å². The molecule has 2 rings (SSSR count). The molecule has 0 aliphatic carbocycles. The molecule has 2 aromatic rings. The molecule has 80 valence electrons. The van der Waals surface area contributed by atoms with Crippen molar-refractivity contribution in [2.75, 3.05) is 0 Å². The van der Waals surface area contributed by atoms with Crippen LogP contribution >= 0.6 is 0 Å². The Hall–Kier alpha value is -1.73. The summed E-state index contributed by atoms with van der Waals surface area (Å²) >= 11 is 0. The van der Waals surface area contributed by atoms with Gasteiger partial charge in [-0.3, -0.25) is 0 Å².